The standard InChI is InChI=1S/C14H21BrN2O3S.ClH/c1-14(5-7-16-8-6-14)10-17-21(18,19)13-4-3-11(20-2)9-12(13)15;/h3-4,9,16-17H,5-8,10H2,1-2H3;1H. The first-order chi connectivity index (χ1) is 9.86. The third kappa shape index (κ3) is 4.83. The maximum Gasteiger partial charge on any atom is 0.241 e. The van der Waals surface area contributed by atoms with Crippen LogP contribution in [0.15, 0.2) is 27.6 Å². The third-order valence-electron chi connectivity index (χ3n) is 3.93. The van der Waals surface area contributed by atoms with E-state index in [1.165, 1.54) is 0 Å². The molecule has 22 heavy (non-hydrogen) atoms. The maximum absolute atomic E-state index is 12.4. The summed E-state index contributed by atoms with van der Waals surface area (Å²) in [5, 5.41) is 3.29. The van der Waals surface area contributed by atoms with Crippen LogP contribution in [0.2, 0.25) is 0 Å². The predicted octanol–water partition coefficient (Wildman–Crippen LogP) is 2.55. The van der Waals surface area contributed by atoms with Crippen molar-refractivity contribution in [3.63, 3.8) is 0 Å². The van der Waals surface area contributed by atoms with E-state index in [1.807, 2.05) is 0 Å². The molecule has 0 aliphatic carbocycles. The van der Waals surface area contributed by atoms with Crippen LogP contribution in [0.4, 0.5) is 0 Å². The van der Waals surface area contributed by atoms with Gasteiger partial charge < -0.3 is 10.1 Å². The van der Waals surface area contributed by atoms with E-state index in [9.17, 15) is 8.42 Å². The molecule has 1 aromatic rings. The molecule has 1 aliphatic heterocycles. The number of sulfonamides is 1. The van der Waals surface area contributed by atoms with Gasteiger partial charge >= 0.3 is 0 Å². The highest BCUT2D eigenvalue weighted by molar-refractivity contribution is 9.10. The minimum absolute atomic E-state index is 0. The zero-order valence-corrected chi connectivity index (χ0v) is 15.9. The van der Waals surface area contributed by atoms with E-state index in [1.54, 1.807) is 25.3 Å². The summed E-state index contributed by atoms with van der Waals surface area (Å²) < 4.78 is 33.2. The lowest BCUT2D eigenvalue weighted by molar-refractivity contribution is 0.232. The summed E-state index contributed by atoms with van der Waals surface area (Å²) in [5.74, 6) is 0.617. The Labute approximate surface area is 146 Å². The molecule has 0 amide bonds. The Morgan fingerprint density at radius 3 is 2.55 bits per heavy atom. The van der Waals surface area contributed by atoms with Crippen molar-refractivity contribution >= 4 is 38.4 Å². The zero-order chi connectivity index (χ0) is 15.5. The van der Waals surface area contributed by atoms with Crippen molar-refractivity contribution in [2.75, 3.05) is 26.7 Å². The fourth-order valence-corrected chi connectivity index (χ4v) is 4.63. The van der Waals surface area contributed by atoms with E-state index < -0.39 is 10.0 Å². The third-order valence-corrected chi connectivity index (χ3v) is 6.31. The summed E-state index contributed by atoms with van der Waals surface area (Å²) >= 11 is 3.29. The monoisotopic (exact) mass is 412 g/mol. The van der Waals surface area contributed by atoms with Crippen molar-refractivity contribution in [3.8, 4) is 5.75 Å². The second-order valence-electron chi connectivity index (χ2n) is 5.68. The van der Waals surface area contributed by atoms with E-state index in [-0.39, 0.29) is 22.7 Å². The van der Waals surface area contributed by atoms with Crippen LogP contribution in [-0.2, 0) is 10.0 Å². The Morgan fingerprint density at radius 1 is 1.36 bits per heavy atom. The van der Waals surface area contributed by atoms with Gasteiger partial charge in [-0.15, -0.1) is 12.4 Å². The van der Waals surface area contributed by atoms with Crippen molar-refractivity contribution in [3.05, 3.63) is 22.7 Å². The molecule has 1 fully saturated rings. The second-order valence-corrected chi connectivity index (χ2v) is 8.27. The molecule has 0 atom stereocenters. The summed E-state index contributed by atoms with van der Waals surface area (Å²) in [6, 6.07) is 4.85. The Balaban J connectivity index is 0.00000242. The van der Waals surface area contributed by atoms with Crippen molar-refractivity contribution < 1.29 is 13.2 Å². The molecule has 1 aliphatic rings. The van der Waals surface area contributed by atoms with Crippen LogP contribution in [0.5, 0.6) is 5.75 Å². The van der Waals surface area contributed by atoms with Gasteiger partial charge in [0, 0.05) is 11.0 Å². The number of piperidine rings is 1. The minimum atomic E-state index is -3.53. The number of ether oxygens (including phenoxy) is 1. The van der Waals surface area contributed by atoms with E-state index in [0.29, 0.717) is 16.8 Å². The first-order valence-electron chi connectivity index (χ1n) is 6.90. The predicted molar refractivity (Wildman–Crippen MR) is 93.3 cm³/mol. The van der Waals surface area contributed by atoms with Crippen molar-refractivity contribution in [2.24, 2.45) is 5.41 Å². The molecule has 0 saturated carbocycles. The number of methoxy groups -OCH3 is 1. The van der Waals surface area contributed by atoms with Gasteiger partial charge in [-0.1, -0.05) is 6.92 Å². The Kier molecular flexibility index (Phi) is 7.14. The lowest BCUT2D eigenvalue weighted by Gasteiger charge is -2.34. The SMILES string of the molecule is COc1ccc(S(=O)(=O)NCC2(C)CCNCC2)c(Br)c1.Cl. The highest BCUT2D eigenvalue weighted by Crippen LogP contribution is 2.29. The number of benzene rings is 1. The summed E-state index contributed by atoms with van der Waals surface area (Å²) in [4.78, 5) is 0.237. The lowest BCUT2D eigenvalue weighted by Crippen LogP contribution is -2.42. The molecule has 5 nitrogen and oxygen atoms in total. The molecule has 0 bridgehead atoms. The number of hydrogen-bond donors (Lipinski definition) is 2. The van der Waals surface area contributed by atoms with Gasteiger partial charge in [0.15, 0.2) is 0 Å². The largest absolute Gasteiger partial charge is 0.497 e. The average molecular weight is 414 g/mol. The highest BCUT2D eigenvalue weighted by Gasteiger charge is 2.29. The molecule has 2 N–H and O–H groups in total. The van der Waals surface area contributed by atoms with E-state index in [4.69, 9.17) is 4.74 Å². The molecular weight excluding hydrogens is 392 g/mol. The molecule has 126 valence electrons. The molecule has 1 saturated heterocycles. The van der Waals surface area contributed by atoms with Gasteiger partial charge in [-0.25, -0.2) is 13.1 Å². The van der Waals surface area contributed by atoms with Gasteiger partial charge in [0.05, 0.1) is 12.0 Å². The Bertz CT molecular complexity index is 604. The smallest absolute Gasteiger partial charge is 0.241 e. The molecular formula is C14H22BrClN2O3S. The molecule has 8 heteroatoms. The number of nitrogens with one attached hydrogen (secondary N) is 2. The molecule has 1 aromatic carbocycles. The van der Waals surface area contributed by atoms with Gasteiger partial charge in [-0.3, -0.25) is 0 Å². The van der Waals surface area contributed by atoms with E-state index in [0.717, 1.165) is 25.9 Å². The summed E-state index contributed by atoms with van der Waals surface area (Å²) in [6.45, 7) is 4.45. The van der Waals surface area contributed by atoms with Crippen LogP contribution in [0.1, 0.15) is 19.8 Å². The zero-order valence-electron chi connectivity index (χ0n) is 12.7. The van der Waals surface area contributed by atoms with Crippen molar-refractivity contribution in [2.45, 2.75) is 24.7 Å². The summed E-state index contributed by atoms with van der Waals surface area (Å²) in [6.07, 6.45) is 1.94. The molecule has 0 aromatic heterocycles. The quantitative estimate of drug-likeness (QED) is 0.778. The van der Waals surface area contributed by atoms with Crippen molar-refractivity contribution in [1.29, 1.82) is 0 Å². The van der Waals surface area contributed by atoms with Gasteiger partial charge in [-0.2, -0.15) is 0 Å². The molecule has 0 unspecified atom stereocenters. The average Bonchev–Trinajstić information content (AvgIpc) is 2.46. The lowest BCUT2D eigenvalue weighted by atomic mass is 9.81. The Hall–Kier alpha value is -0.340. The van der Waals surface area contributed by atoms with E-state index >= 15 is 0 Å². The van der Waals surface area contributed by atoms with Crippen LogP contribution in [0.25, 0.3) is 0 Å². The topological polar surface area (TPSA) is 67.4 Å². The van der Waals surface area contributed by atoms with Crippen LogP contribution in [-0.4, -0.2) is 35.2 Å². The van der Waals surface area contributed by atoms with Crippen LogP contribution < -0.4 is 14.8 Å². The van der Waals surface area contributed by atoms with E-state index in [2.05, 4.69) is 32.9 Å². The summed E-state index contributed by atoms with van der Waals surface area (Å²) in [7, 11) is -1.98. The van der Waals surface area contributed by atoms with Gasteiger partial charge in [0.1, 0.15) is 5.75 Å². The second kappa shape index (κ2) is 7.97. The summed E-state index contributed by atoms with van der Waals surface area (Å²) in [5.41, 5.74) is 0.0112. The highest BCUT2D eigenvalue weighted by atomic mass is 79.9. The molecule has 0 radical (unpaired) electrons. The fourth-order valence-electron chi connectivity index (χ4n) is 2.38. The molecule has 0 spiro atoms. The first-order valence-corrected chi connectivity index (χ1v) is 9.18. The normalized spacial score (nSPS) is 17.6. The van der Waals surface area contributed by atoms with Gasteiger partial charge in [-0.05, 0) is 65.5 Å². The van der Waals surface area contributed by atoms with Crippen LogP contribution in [0, 0.1) is 5.41 Å². The number of hydrogen-bond acceptors (Lipinski definition) is 4. The van der Waals surface area contributed by atoms with Crippen molar-refractivity contribution in [1.82, 2.24) is 10.0 Å². The maximum atomic E-state index is 12.4. The number of rotatable bonds is 5. The Morgan fingerprint density at radius 2 is 2.00 bits per heavy atom. The molecule has 1 heterocycles. The number of halogens is 2. The first kappa shape index (κ1) is 19.7. The van der Waals surface area contributed by atoms with Crippen LogP contribution in [0.3, 0.4) is 0 Å². The van der Waals surface area contributed by atoms with Crippen LogP contribution >= 0.6 is 28.3 Å². The van der Waals surface area contributed by atoms with Gasteiger partial charge in [0.25, 0.3) is 0 Å². The minimum Gasteiger partial charge on any atom is -0.497 e. The fraction of sp³-hybridized carbons (Fsp3) is 0.571. The van der Waals surface area contributed by atoms with Gasteiger partial charge in [0.2, 0.25) is 10.0 Å². The molecule has 2 rings (SSSR count).